The molecule has 3 N–H and O–H groups in total. The molecule has 0 saturated carbocycles. The van der Waals surface area contributed by atoms with E-state index in [1.54, 1.807) is 24.3 Å². The minimum absolute atomic E-state index is 0.250. The van der Waals surface area contributed by atoms with Gasteiger partial charge in [0.25, 0.3) is 0 Å². The van der Waals surface area contributed by atoms with E-state index in [9.17, 15) is 8.78 Å². The lowest BCUT2D eigenvalue weighted by Gasteiger charge is -2.38. The molecule has 0 heterocycles. The Morgan fingerprint density at radius 1 is 1.07 bits per heavy atom. The van der Waals surface area contributed by atoms with Gasteiger partial charge in [-0.15, -0.1) is 6.58 Å². The first-order valence-corrected chi connectivity index (χ1v) is 9.67. The van der Waals surface area contributed by atoms with Crippen LogP contribution in [0.3, 0.4) is 0 Å². The van der Waals surface area contributed by atoms with E-state index in [1.807, 2.05) is 18.2 Å². The van der Waals surface area contributed by atoms with Crippen LogP contribution in [0.15, 0.2) is 96.8 Å². The van der Waals surface area contributed by atoms with Gasteiger partial charge in [-0.25, -0.2) is 8.78 Å². The fraction of sp³-hybridized carbons (Fsp3) is 0.200. The highest BCUT2D eigenvalue weighted by Crippen LogP contribution is 2.45. The van der Waals surface area contributed by atoms with Crippen molar-refractivity contribution in [2.24, 2.45) is 11.1 Å². The van der Waals surface area contributed by atoms with Gasteiger partial charge in [0.1, 0.15) is 11.6 Å². The van der Waals surface area contributed by atoms with Crippen molar-refractivity contribution in [1.82, 2.24) is 0 Å². The number of allylic oxidation sites excluding steroid dienone is 4. The van der Waals surface area contributed by atoms with Gasteiger partial charge in [-0.3, -0.25) is 0 Å². The molecule has 0 spiro atoms. The number of rotatable bonds is 8. The van der Waals surface area contributed by atoms with Crippen molar-refractivity contribution in [2.45, 2.75) is 19.3 Å². The van der Waals surface area contributed by atoms with E-state index >= 15 is 0 Å². The van der Waals surface area contributed by atoms with Crippen molar-refractivity contribution in [2.75, 3.05) is 11.9 Å². The lowest BCUT2D eigenvalue weighted by atomic mass is 9.67. The molecule has 0 bridgehead atoms. The summed E-state index contributed by atoms with van der Waals surface area (Å²) in [4.78, 5) is 0. The van der Waals surface area contributed by atoms with Crippen molar-refractivity contribution < 1.29 is 8.78 Å². The summed E-state index contributed by atoms with van der Waals surface area (Å²) in [5.41, 5.74) is 10.3. The topological polar surface area (TPSA) is 38.0 Å². The number of nitrogens with one attached hydrogen (secondary N) is 1. The van der Waals surface area contributed by atoms with Gasteiger partial charge in [0.05, 0.1) is 0 Å². The lowest BCUT2D eigenvalue weighted by molar-refractivity contribution is 0.431. The molecule has 0 saturated heterocycles. The van der Waals surface area contributed by atoms with Crippen LogP contribution in [0.5, 0.6) is 0 Å². The van der Waals surface area contributed by atoms with Gasteiger partial charge >= 0.3 is 0 Å². The summed E-state index contributed by atoms with van der Waals surface area (Å²) in [6.07, 6.45) is 7.84. The van der Waals surface area contributed by atoms with E-state index in [2.05, 4.69) is 24.6 Å². The lowest BCUT2D eigenvalue weighted by Crippen LogP contribution is -2.30. The number of nitrogens with two attached hydrogens (primary N) is 1. The zero-order valence-electron chi connectivity index (χ0n) is 16.4. The molecule has 0 aliphatic heterocycles. The third-order valence-electron chi connectivity index (χ3n) is 5.39. The molecule has 1 unspecified atom stereocenters. The quantitative estimate of drug-likeness (QED) is 0.548. The minimum Gasteiger partial charge on any atom is -0.355 e. The molecule has 0 amide bonds. The number of hydrogen-bond donors (Lipinski definition) is 2. The Labute approximate surface area is 171 Å². The van der Waals surface area contributed by atoms with Crippen LogP contribution in [0.2, 0.25) is 0 Å². The summed E-state index contributed by atoms with van der Waals surface area (Å²) in [6.45, 7) is 8.57. The predicted octanol–water partition coefficient (Wildman–Crippen LogP) is 5.91. The van der Waals surface area contributed by atoms with Crippen LogP contribution in [0.4, 0.5) is 14.5 Å². The molecule has 0 fully saturated rings. The monoisotopic (exact) mass is 392 g/mol. The zero-order chi connectivity index (χ0) is 20.9. The second-order valence-corrected chi connectivity index (χ2v) is 7.33. The van der Waals surface area contributed by atoms with Crippen LogP contribution in [0.25, 0.3) is 0 Å². The number of anilines is 1. The smallest absolute Gasteiger partial charge is 0.123 e. The average molecular weight is 392 g/mol. The number of hydrogen-bond acceptors (Lipinski definition) is 2. The maximum Gasteiger partial charge on any atom is 0.123 e. The van der Waals surface area contributed by atoms with Gasteiger partial charge in [0, 0.05) is 16.8 Å². The summed E-state index contributed by atoms with van der Waals surface area (Å²) in [5.74, 6) is -0.530. The van der Waals surface area contributed by atoms with E-state index < -0.39 is 0 Å². The summed E-state index contributed by atoms with van der Waals surface area (Å²) in [6, 6.07) is 12.9. The predicted molar refractivity (Wildman–Crippen MR) is 116 cm³/mol. The highest BCUT2D eigenvalue weighted by Gasteiger charge is 2.35. The van der Waals surface area contributed by atoms with Gasteiger partial charge in [0.2, 0.25) is 0 Å². The van der Waals surface area contributed by atoms with Crippen molar-refractivity contribution in [3.05, 3.63) is 114 Å². The maximum absolute atomic E-state index is 13.7. The molecule has 0 radical (unpaired) electrons. The first-order valence-electron chi connectivity index (χ1n) is 9.67. The Kier molecular flexibility index (Phi) is 6.45. The Morgan fingerprint density at radius 3 is 2.45 bits per heavy atom. The molecule has 0 aromatic heterocycles. The van der Waals surface area contributed by atoms with Crippen molar-refractivity contribution in [3.63, 3.8) is 0 Å². The van der Waals surface area contributed by atoms with Gasteiger partial charge in [0.15, 0.2) is 0 Å². The van der Waals surface area contributed by atoms with Crippen molar-refractivity contribution in [3.8, 4) is 0 Å². The first-order chi connectivity index (χ1) is 14.0. The largest absolute Gasteiger partial charge is 0.355 e. The fourth-order valence-electron chi connectivity index (χ4n) is 3.89. The van der Waals surface area contributed by atoms with Crippen LogP contribution < -0.4 is 11.1 Å². The summed E-state index contributed by atoms with van der Waals surface area (Å²) in [5, 5.41) is 3.36. The molecule has 29 heavy (non-hydrogen) atoms. The van der Waals surface area contributed by atoms with E-state index in [4.69, 9.17) is 5.73 Å². The summed E-state index contributed by atoms with van der Waals surface area (Å²) >= 11 is 0. The third-order valence-corrected chi connectivity index (χ3v) is 5.39. The molecule has 150 valence electrons. The Balaban J connectivity index is 1.98. The third kappa shape index (κ3) is 4.72. The highest BCUT2D eigenvalue weighted by molar-refractivity contribution is 5.57. The van der Waals surface area contributed by atoms with Crippen LogP contribution in [0, 0.1) is 17.0 Å². The normalized spacial score (nSPS) is 18.9. The molecular weight excluding hydrogens is 366 g/mol. The number of halogens is 2. The van der Waals surface area contributed by atoms with Crippen LogP contribution in [0.1, 0.15) is 18.4 Å². The minimum atomic E-state index is -0.370. The highest BCUT2D eigenvalue weighted by atomic mass is 19.1. The van der Waals surface area contributed by atoms with Gasteiger partial charge < -0.3 is 11.1 Å². The molecular formula is C25H26F2N2. The molecule has 3 rings (SSSR count). The Bertz CT molecular complexity index is 957. The second-order valence-electron chi connectivity index (χ2n) is 7.33. The van der Waals surface area contributed by atoms with E-state index in [0.717, 1.165) is 28.1 Å². The van der Waals surface area contributed by atoms with Gasteiger partial charge in [-0.05, 0) is 79.4 Å². The molecule has 2 nitrogen and oxygen atoms in total. The molecule has 2 aromatic carbocycles. The van der Waals surface area contributed by atoms with Crippen LogP contribution >= 0.6 is 0 Å². The molecule has 1 aliphatic rings. The average Bonchev–Trinajstić information content (AvgIpc) is 2.71. The molecule has 1 aliphatic carbocycles. The summed E-state index contributed by atoms with van der Waals surface area (Å²) < 4.78 is 27.0. The molecule has 4 heteroatoms. The van der Waals surface area contributed by atoms with Gasteiger partial charge in [-0.1, -0.05) is 36.4 Å². The number of benzene rings is 2. The van der Waals surface area contributed by atoms with E-state index in [-0.39, 0.29) is 17.0 Å². The van der Waals surface area contributed by atoms with Crippen LogP contribution in [-0.4, -0.2) is 6.54 Å². The van der Waals surface area contributed by atoms with E-state index in [0.29, 0.717) is 25.8 Å². The van der Waals surface area contributed by atoms with Crippen molar-refractivity contribution in [1.29, 1.82) is 0 Å². The first kappa shape index (κ1) is 20.7. The summed E-state index contributed by atoms with van der Waals surface area (Å²) in [7, 11) is 0. The second kappa shape index (κ2) is 9.01. The van der Waals surface area contributed by atoms with Gasteiger partial charge in [-0.2, -0.15) is 0 Å². The Morgan fingerprint density at radius 2 is 1.83 bits per heavy atom. The zero-order valence-corrected chi connectivity index (χ0v) is 16.4. The SMILES string of the molecule is C=CC1=C(Nc2ccc(F)cc2)C=C(CCN)C(C=C)(Cc2cccc(F)c2)C1. The fourth-order valence-corrected chi connectivity index (χ4v) is 3.89. The van der Waals surface area contributed by atoms with E-state index in [1.165, 1.54) is 18.2 Å². The maximum atomic E-state index is 13.7. The standard InChI is InChI=1S/C25H26F2N2/c1-3-19-17-25(4-2,16-18-6-5-7-22(27)14-18)20(12-13-28)15-24(19)29-23-10-8-21(26)9-11-23/h3-11,14-15,29H,1-2,12-13,16-17,28H2. The molecule has 1 atom stereocenters. The van der Waals surface area contributed by atoms with Crippen molar-refractivity contribution >= 4 is 5.69 Å². The molecule has 2 aromatic rings. The van der Waals surface area contributed by atoms with Crippen LogP contribution in [-0.2, 0) is 6.42 Å². The Hall–Kier alpha value is -2.98.